The van der Waals surface area contributed by atoms with Crippen LogP contribution >= 0.6 is 11.3 Å². The molecule has 0 atom stereocenters. The normalized spacial score (nSPS) is 10.1. The zero-order chi connectivity index (χ0) is 10.4. The van der Waals surface area contributed by atoms with Crippen LogP contribution in [0.4, 0.5) is 5.69 Å². The fraction of sp³-hybridized carbons (Fsp3) is 0.500. The van der Waals surface area contributed by atoms with E-state index >= 15 is 0 Å². The molecule has 3 nitrogen and oxygen atoms in total. The summed E-state index contributed by atoms with van der Waals surface area (Å²) in [4.78, 5) is 11.9. The molecule has 0 aromatic carbocycles. The lowest BCUT2D eigenvalue weighted by Crippen LogP contribution is -2.06. The van der Waals surface area contributed by atoms with Crippen LogP contribution in [0.3, 0.4) is 0 Å². The van der Waals surface area contributed by atoms with E-state index in [0.29, 0.717) is 17.2 Å². The Morgan fingerprint density at radius 1 is 1.57 bits per heavy atom. The zero-order valence-electron chi connectivity index (χ0n) is 8.29. The van der Waals surface area contributed by atoms with Gasteiger partial charge in [0.2, 0.25) is 0 Å². The monoisotopic (exact) mass is 213 g/mol. The Kier molecular flexibility index (Phi) is 4.46. The van der Waals surface area contributed by atoms with Crippen molar-refractivity contribution < 1.29 is 9.53 Å². The van der Waals surface area contributed by atoms with Crippen molar-refractivity contribution in [1.82, 2.24) is 0 Å². The highest BCUT2D eigenvalue weighted by atomic mass is 32.1. The van der Waals surface area contributed by atoms with Crippen molar-refractivity contribution in [1.29, 1.82) is 0 Å². The topological polar surface area (TPSA) is 52.3 Å². The van der Waals surface area contributed by atoms with Gasteiger partial charge in [0.1, 0.15) is 4.88 Å². The summed E-state index contributed by atoms with van der Waals surface area (Å²) in [5.74, 6) is -0.298. The van der Waals surface area contributed by atoms with Crippen molar-refractivity contribution in [2.75, 3.05) is 12.3 Å². The molecule has 1 aromatic rings. The second kappa shape index (κ2) is 5.65. The Balaban J connectivity index is 2.32. The van der Waals surface area contributed by atoms with Gasteiger partial charge in [0.15, 0.2) is 0 Å². The molecule has 0 amide bonds. The molecule has 0 aliphatic rings. The lowest BCUT2D eigenvalue weighted by molar-refractivity contribution is 0.0505. The number of hydrogen-bond acceptors (Lipinski definition) is 4. The number of nitrogens with two attached hydrogens (primary N) is 1. The third-order valence-corrected chi connectivity index (χ3v) is 2.77. The van der Waals surface area contributed by atoms with Crippen LogP contribution in [0.5, 0.6) is 0 Å². The fourth-order valence-electron chi connectivity index (χ4n) is 1.07. The van der Waals surface area contributed by atoms with Gasteiger partial charge in [0, 0.05) is 0 Å². The molecule has 78 valence electrons. The van der Waals surface area contributed by atoms with E-state index in [1.165, 1.54) is 11.3 Å². The molecule has 0 fully saturated rings. The Hall–Kier alpha value is -1.03. The first-order valence-corrected chi connectivity index (χ1v) is 5.63. The summed E-state index contributed by atoms with van der Waals surface area (Å²) in [5, 5.41) is 1.79. The van der Waals surface area contributed by atoms with E-state index < -0.39 is 0 Å². The van der Waals surface area contributed by atoms with E-state index in [-0.39, 0.29) is 5.97 Å². The van der Waals surface area contributed by atoms with Crippen LogP contribution in [-0.4, -0.2) is 12.6 Å². The van der Waals surface area contributed by atoms with E-state index in [4.69, 9.17) is 10.5 Å². The third-order valence-electron chi connectivity index (χ3n) is 1.86. The number of unbranched alkanes of at least 4 members (excludes halogenated alkanes) is 2. The minimum Gasteiger partial charge on any atom is -0.461 e. The van der Waals surface area contributed by atoms with Crippen LogP contribution in [-0.2, 0) is 4.74 Å². The SMILES string of the molecule is CCCCCOC(=O)c1sccc1N. The molecule has 1 aromatic heterocycles. The first kappa shape index (κ1) is 11.0. The van der Waals surface area contributed by atoms with Crippen LogP contribution in [0.15, 0.2) is 11.4 Å². The number of rotatable bonds is 5. The maximum Gasteiger partial charge on any atom is 0.350 e. The fourth-order valence-corrected chi connectivity index (χ4v) is 1.78. The zero-order valence-corrected chi connectivity index (χ0v) is 9.10. The predicted octanol–water partition coefficient (Wildman–Crippen LogP) is 2.68. The van der Waals surface area contributed by atoms with Gasteiger partial charge in [-0.1, -0.05) is 19.8 Å². The van der Waals surface area contributed by atoms with Gasteiger partial charge in [0.25, 0.3) is 0 Å². The van der Waals surface area contributed by atoms with E-state index in [0.717, 1.165) is 19.3 Å². The second-order valence-corrected chi connectivity index (χ2v) is 3.96. The number of ether oxygens (including phenoxy) is 1. The minimum absolute atomic E-state index is 0.298. The van der Waals surface area contributed by atoms with Crippen molar-refractivity contribution in [3.8, 4) is 0 Å². The molecule has 0 spiro atoms. The Morgan fingerprint density at radius 3 is 2.93 bits per heavy atom. The van der Waals surface area contributed by atoms with Crippen molar-refractivity contribution in [2.45, 2.75) is 26.2 Å². The third kappa shape index (κ3) is 3.03. The summed E-state index contributed by atoms with van der Waals surface area (Å²) in [6.45, 7) is 2.60. The second-order valence-electron chi connectivity index (χ2n) is 3.05. The smallest absolute Gasteiger partial charge is 0.350 e. The minimum atomic E-state index is -0.298. The van der Waals surface area contributed by atoms with Crippen LogP contribution in [0.25, 0.3) is 0 Å². The highest BCUT2D eigenvalue weighted by molar-refractivity contribution is 7.12. The van der Waals surface area contributed by atoms with Gasteiger partial charge in [0.05, 0.1) is 12.3 Å². The molecule has 0 bridgehead atoms. The van der Waals surface area contributed by atoms with Gasteiger partial charge >= 0.3 is 5.97 Å². The largest absolute Gasteiger partial charge is 0.461 e. The molecular weight excluding hydrogens is 198 g/mol. The molecule has 0 unspecified atom stereocenters. The summed E-state index contributed by atoms with van der Waals surface area (Å²) < 4.78 is 5.06. The maximum absolute atomic E-state index is 11.4. The van der Waals surface area contributed by atoms with Gasteiger partial charge in [-0.2, -0.15) is 0 Å². The lowest BCUT2D eigenvalue weighted by Gasteiger charge is -2.02. The molecule has 0 aliphatic carbocycles. The van der Waals surface area contributed by atoms with E-state index in [1.807, 2.05) is 0 Å². The number of carbonyl (C=O) groups is 1. The summed E-state index contributed by atoms with van der Waals surface area (Å²) >= 11 is 1.32. The number of thiophene rings is 1. The van der Waals surface area contributed by atoms with Gasteiger partial charge in [-0.25, -0.2) is 4.79 Å². The van der Waals surface area contributed by atoms with Crippen LogP contribution < -0.4 is 5.73 Å². The van der Waals surface area contributed by atoms with E-state index in [9.17, 15) is 4.79 Å². The quantitative estimate of drug-likeness (QED) is 0.604. The maximum atomic E-state index is 11.4. The van der Waals surface area contributed by atoms with E-state index in [2.05, 4.69) is 6.92 Å². The van der Waals surface area contributed by atoms with Crippen LogP contribution in [0.1, 0.15) is 35.9 Å². The average Bonchev–Trinajstić information content (AvgIpc) is 2.59. The first-order valence-electron chi connectivity index (χ1n) is 4.75. The van der Waals surface area contributed by atoms with Crippen molar-refractivity contribution >= 4 is 23.0 Å². The first-order chi connectivity index (χ1) is 6.75. The number of carbonyl (C=O) groups excluding carboxylic acids is 1. The summed E-state index contributed by atoms with van der Waals surface area (Å²) in [7, 11) is 0. The molecular formula is C10H15NO2S. The Morgan fingerprint density at radius 2 is 2.36 bits per heavy atom. The molecule has 0 saturated heterocycles. The van der Waals surface area contributed by atoms with Crippen LogP contribution in [0, 0.1) is 0 Å². The van der Waals surface area contributed by atoms with Crippen molar-refractivity contribution in [2.24, 2.45) is 0 Å². The number of hydrogen-bond donors (Lipinski definition) is 1. The number of nitrogen functional groups attached to an aromatic ring is 1. The average molecular weight is 213 g/mol. The molecule has 14 heavy (non-hydrogen) atoms. The molecule has 4 heteroatoms. The number of esters is 1. The molecule has 0 radical (unpaired) electrons. The van der Waals surface area contributed by atoms with E-state index in [1.54, 1.807) is 11.4 Å². The highest BCUT2D eigenvalue weighted by Gasteiger charge is 2.11. The standard InChI is InChI=1S/C10H15NO2S/c1-2-3-4-6-13-10(12)9-8(11)5-7-14-9/h5,7H,2-4,6,11H2,1H3. The molecule has 2 N–H and O–H groups in total. The van der Waals surface area contributed by atoms with Crippen molar-refractivity contribution in [3.05, 3.63) is 16.3 Å². The number of anilines is 1. The molecule has 0 aliphatic heterocycles. The van der Waals surface area contributed by atoms with Crippen molar-refractivity contribution in [3.63, 3.8) is 0 Å². The summed E-state index contributed by atoms with van der Waals surface area (Å²) in [6.07, 6.45) is 3.14. The van der Waals surface area contributed by atoms with Gasteiger partial charge in [-0.3, -0.25) is 0 Å². The van der Waals surface area contributed by atoms with Gasteiger partial charge in [-0.15, -0.1) is 11.3 Å². The Labute approximate surface area is 87.9 Å². The molecule has 1 rings (SSSR count). The Bertz CT molecular complexity index is 296. The molecule has 1 heterocycles. The van der Waals surface area contributed by atoms with Gasteiger partial charge < -0.3 is 10.5 Å². The highest BCUT2D eigenvalue weighted by Crippen LogP contribution is 2.19. The van der Waals surface area contributed by atoms with Gasteiger partial charge in [-0.05, 0) is 17.9 Å². The summed E-state index contributed by atoms with van der Waals surface area (Å²) in [6, 6.07) is 1.72. The molecule has 0 saturated carbocycles. The van der Waals surface area contributed by atoms with Crippen LogP contribution in [0.2, 0.25) is 0 Å². The lowest BCUT2D eigenvalue weighted by atomic mass is 10.3. The summed E-state index contributed by atoms with van der Waals surface area (Å²) in [5.41, 5.74) is 6.09. The predicted molar refractivity (Wildman–Crippen MR) is 58.5 cm³/mol.